The molecule has 0 aliphatic carbocycles. The molecular formula is C20H33NO4Si. The van der Waals surface area contributed by atoms with Gasteiger partial charge in [0, 0.05) is 0 Å². The molecule has 1 aromatic rings. The first-order valence-corrected chi connectivity index (χ1v) is 11.9. The number of alkyl carbamates (subject to hydrolysis) is 1. The highest BCUT2D eigenvalue weighted by molar-refractivity contribution is 6.74. The maximum atomic E-state index is 12.3. The first-order valence-electron chi connectivity index (χ1n) is 8.94. The molecule has 146 valence electrons. The van der Waals surface area contributed by atoms with Crippen LogP contribution in [0.2, 0.25) is 18.1 Å². The Kier molecular flexibility index (Phi) is 7.19. The average Bonchev–Trinajstić information content (AvgIpc) is 2.48. The summed E-state index contributed by atoms with van der Waals surface area (Å²) >= 11 is 0. The monoisotopic (exact) mass is 379 g/mol. The van der Waals surface area contributed by atoms with Crippen molar-refractivity contribution in [3.63, 3.8) is 0 Å². The molecule has 6 heteroatoms. The molecule has 0 aliphatic heterocycles. The Labute approximate surface area is 158 Å². The third-order valence-electron chi connectivity index (χ3n) is 4.53. The molecule has 5 nitrogen and oxygen atoms in total. The van der Waals surface area contributed by atoms with Crippen LogP contribution in [-0.2, 0) is 14.0 Å². The summed E-state index contributed by atoms with van der Waals surface area (Å²) in [5.74, 6) is 0. The van der Waals surface area contributed by atoms with Crippen molar-refractivity contribution in [3.05, 3.63) is 35.9 Å². The zero-order valence-electron chi connectivity index (χ0n) is 17.3. The topological polar surface area (TPSA) is 64.6 Å². The Morgan fingerprint density at radius 1 is 1.08 bits per heavy atom. The molecule has 0 heterocycles. The van der Waals surface area contributed by atoms with Gasteiger partial charge >= 0.3 is 6.09 Å². The second-order valence-corrected chi connectivity index (χ2v) is 13.8. The van der Waals surface area contributed by atoms with Gasteiger partial charge in [-0.2, -0.15) is 0 Å². The van der Waals surface area contributed by atoms with Crippen LogP contribution in [0, 0.1) is 0 Å². The lowest BCUT2D eigenvalue weighted by Crippen LogP contribution is -2.49. The number of carbonyl (C=O) groups is 2. The van der Waals surface area contributed by atoms with E-state index < -0.39 is 32.2 Å². The van der Waals surface area contributed by atoms with Gasteiger partial charge in [-0.1, -0.05) is 51.1 Å². The predicted molar refractivity (Wildman–Crippen MR) is 107 cm³/mol. The first-order chi connectivity index (χ1) is 11.8. The van der Waals surface area contributed by atoms with Crippen molar-refractivity contribution in [2.24, 2.45) is 0 Å². The van der Waals surface area contributed by atoms with E-state index in [1.807, 2.05) is 30.3 Å². The highest BCUT2D eigenvalue weighted by Crippen LogP contribution is 2.38. The third kappa shape index (κ3) is 6.57. The second-order valence-electron chi connectivity index (χ2n) is 9.01. The van der Waals surface area contributed by atoms with Crippen LogP contribution in [0.15, 0.2) is 30.3 Å². The van der Waals surface area contributed by atoms with Crippen LogP contribution in [-0.4, -0.2) is 32.4 Å². The fourth-order valence-electron chi connectivity index (χ4n) is 2.14. The minimum atomic E-state index is -2.21. The van der Waals surface area contributed by atoms with E-state index in [1.165, 1.54) is 0 Å². The molecular weight excluding hydrogens is 346 g/mol. The molecule has 0 unspecified atom stereocenters. The molecule has 26 heavy (non-hydrogen) atoms. The van der Waals surface area contributed by atoms with Gasteiger partial charge in [0.05, 0.1) is 6.04 Å². The van der Waals surface area contributed by atoms with E-state index in [0.29, 0.717) is 0 Å². The van der Waals surface area contributed by atoms with Gasteiger partial charge in [-0.15, -0.1) is 0 Å². The fourth-order valence-corrected chi connectivity index (χ4v) is 3.37. The Morgan fingerprint density at radius 3 is 2.04 bits per heavy atom. The molecule has 0 radical (unpaired) electrons. The summed E-state index contributed by atoms with van der Waals surface area (Å²) in [5.41, 5.74) is 0.177. The quantitative estimate of drug-likeness (QED) is 0.567. The first kappa shape index (κ1) is 22.4. The van der Waals surface area contributed by atoms with E-state index in [0.717, 1.165) is 11.8 Å². The molecule has 1 aromatic carbocycles. The zero-order chi connectivity index (χ0) is 20.2. The van der Waals surface area contributed by atoms with Gasteiger partial charge in [-0.05, 0) is 44.5 Å². The van der Waals surface area contributed by atoms with Crippen molar-refractivity contribution >= 4 is 20.7 Å². The van der Waals surface area contributed by atoms with Crippen LogP contribution in [0.1, 0.15) is 53.1 Å². The lowest BCUT2D eigenvalue weighted by molar-refractivity contribution is -0.115. The summed E-state index contributed by atoms with van der Waals surface area (Å²) < 4.78 is 11.7. The van der Waals surface area contributed by atoms with Crippen LogP contribution in [0.3, 0.4) is 0 Å². The maximum absolute atomic E-state index is 12.3. The van der Waals surface area contributed by atoms with Crippen molar-refractivity contribution < 1.29 is 18.8 Å². The summed E-state index contributed by atoms with van der Waals surface area (Å²) in [6, 6.07) is 8.75. The van der Waals surface area contributed by atoms with E-state index in [1.54, 1.807) is 20.8 Å². The largest absolute Gasteiger partial charge is 0.444 e. The summed E-state index contributed by atoms with van der Waals surface area (Å²) in [6.07, 6.45) is -0.585. The normalized spacial score (nSPS) is 15.1. The van der Waals surface area contributed by atoms with E-state index >= 15 is 0 Å². The Bertz CT molecular complexity index is 602. The van der Waals surface area contributed by atoms with Crippen LogP contribution in [0.5, 0.6) is 0 Å². The number of hydrogen-bond acceptors (Lipinski definition) is 4. The smallest absolute Gasteiger partial charge is 0.408 e. The molecule has 0 bridgehead atoms. The van der Waals surface area contributed by atoms with Crippen LogP contribution < -0.4 is 5.32 Å². The molecule has 0 aliphatic rings. The van der Waals surface area contributed by atoms with Crippen molar-refractivity contribution in [3.8, 4) is 0 Å². The Hall–Kier alpha value is -1.66. The van der Waals surface area contributed by atoms with Gasteiger partial charge in [-0.3, -0.25) is 0 Å². The molecule has 0 aromatic heterocycles. The average molecular weight is 380 g/mol. The lowest BCUT2D eigenvalue weighted by atomic mass is 10.0. The summed E-state index contributed by atoms with van der Waals surface area (Å²) in [4.78, 5) is 24.2. The van der Waals surface area contributed by atoms with E-state index in [4.69, 9.17) is 9.16 Å². The molecule has 0 spiro atoms. The van der Waals surface area contributed by atoms with Crippen molar-refractivity contribution in [1.82, 2.24) is 5.32 Å². The number of nitrogens with one attached hydrogen (secondary N) is 1. The molecule has 1 N–H and O–H groups in total. The number of rotatable bonds is 6. The summed E-state index contributed by atoms with van der Waals surface area (Å²) in [7, 11) is -2.21. The van der Waals surface area contributed by atoms with Gasteiger partial charge in [0.2, 0.25) is 0 Å². The standard InChI is InChI=1S/C20H33NO4Si/c1-19(2,3)24-18(23)21-17(15-12-10-9-11-13-15)16(14-22)25-26(7,8)20(4,5)6/h9-14,16-17H,1-8H3,(H,21,23)/t16-,17-/m0/s1. The van der Waals surface area contributed by atoms with Gasteiger partial charge < -0.3 is 19.3 Å². The molecule has 2 atom stereocenters. The highest BCUT2D eigenvalue weighted by Gasteiger charge is 2.41. The SMILES string of the molecule is CC(C)(C)OC(=O)N[C@@H](c1ccccc1)[C@H](C=O)O[Si](C)(C)C(C)(C)C. The van der Waals surface area contributed by atoms with E-state index in [-0.39, 0.29) is 5.04 Å². The fraction of sp³-hybridized carbons (Fsp3) is 0.600. The van der Waals surface area contributed by atoms with Crippen LogP contribution >= 0.6 is 0 Å². The third-order valence-corrected chi connectivity index (χ3v) is 9.00. The van der Waals surface area contributed by atoms with E-state index in [9.17, 15) is 9.59 Å². The number of benzene rings is 1. The number of carbonyl (C=O) groups excluding carboxylic acids is 2. The number of aldehydes is 1. The molecule has 0 fully saturated rings. The summed E-state index contributed by atoms with van der Waals surface area (Å²) in [6.45, 7) is 15.9. The summed E-state index contributed by atoms with van der Waals surface area (Å²) in [5, 5.41) is 2.77. The molecule has 0 saturated heterocycles. The van der Waals surface area contributed by atoms with Crippen molar-refractivity contribution in [1.29, 1.82) is 0 Å². The van der Waals surface area contributed by atoms with Crippen molar-refractivity contribution in [2.75, 3.05) is 0 Å². The number of amides is 1. The molecule has 1 amide bonds. The zero-order valence-corrected chi connectivity index (χ0v) is 18.3. The van der Waals surface area contributed by atoms with Crippen LogP contribution in [0.4, 0.5) is 4.79 Å². The highest BCUT2D eigenvalue weighted by atomic mass is 28.4. The molecule has 0 saturated carbocycles. The van der Waals surface area contributed by atoms with Gasteiger partial charge in [0.25, 0.3) is 0 Å². The minimum absolute atomic E-state index is 0.0542. The Balaban J connectivity index is 3.14. The number of hydrogen-bond donors (Lipinski definition) is 1. The minimum Gasteiger partial charge on any atom is -0.444 e. The maximum Gasteiger partial charge on any atom is 0.408 e. The van der Waals surface area contributed by atoms with Gasteiger partial charge in [0.15, 0.2) is 8.32 Å². The molecule has 1 rings (SSSR count). The number of ether oxygens (including phenoxy) is 1. The van der Waals surface area contributed by atoms with Gasteiger partial charge in [0.1, 0.15) is 18.0 Å². The van der Waals surface area contributed by atoms with Gasteiger partial charge in [-0.25, -0.2) is 4.79 Å². The predicted octanol–water partition coefficient (Wildman–Crippen LogP) is 4.84. The van der Waals surface area contributed by atoms with Crippen LogP contribution in [0.25, 0.3) is 0 Å². The van der Waals surface area contributed by atoms with Crippen molar-refractivity contribution in [2.45, 2.75) is 77.4 Å². The second kappa shape index (κ2) is 8.35. The Morgan fingerprint density at radius 2 is 1.62 bits per heavy atom. The van der Waals surface area contributed by atoms with E-state index in [2.05, 4.69) is 39.2 Å². The lowest BCUT2D eigenvalue weighted by Gasteiger charge is -2.40.